The first-order valence-electron chi connectivity index (χ1n) is 11.6. The van der Waals surface area contributed by atoms with Gasteiger partial charge in [-0.25, -0.2) is 13.2 Å². The average Bonchev–Trinajstić information content (AvgIpc) is 3.23. The summed E-state index contributed by atoms with van der Waals surface area (Å²) in [6.45, 7) is 4.46. The number of carbonyl (C=O) groups is 3. The average molecular weight is 548 g/mol. The number of fused-ring (bicyclic) bond motifs is 1. The molecule has 1 heterocycles. The normalized spacial score (nSPS) is 12.2. The number of carbonyl (C=O) groups excluding carboxylic acids is 3. The van der Waals surface area contributed by atoms with Gasteiger partial charge in [0.1, 0.15) is 6.54 Å². The molecular weight excluding hydrogens is 518 g/mol. The first kappa shape index (κ1) is 28.2. The quantitative estimate of drug-likeness (QED) is 0.357. The summed E-state index contributed by atoms with van der Waals surface area (Å²) in [4.78, 5) is 41.5. The number of benzene rings is 2. The summed E-state index contributed by atoms with van der Waals surface area (Å²) < 4.78 is 39.1. The van der Waals surface area contributed by atoms with Crippen LogP contribution in [0.25, 0.3) is 10.2 Å². The van der Waals surface area contributed by atoms with E-state index in [4.69, 9.17) is 9.47 Å². The Balaban J connectivity index is 2.01. The largest absolute Gasteiger partial charge is 0.468 e. The van der Waals surface area contributed by atoms with E-state index in [1.54, 1.807) is 18.2 Å². The molecule has 198 valence electrons. The lowest BCUT2D eigenvalue weighted by Crippen LogP contribution is -2.32. The molecule has 0 saturated heterocycles. The van der Waals surface area contributed by atoms with Crippen LogP contribution < -0.4 is 4.80 Å². The van der Waals surface area contributed by atoms with Crippen molar-refractivity contribution in [1.29, 1.82) is 0 Å². The minimum atomic E-state index is -3.68. The molecule has 0 radical (unpaired) electrons. The minimum absolute atomic E-state index is 0.101. The van der Waals surface area contributed by atoms with E-state index in [1.165, 1.54) is 47.4 Å². The van der Waals surface area contributed by atoms with E-state index in [-0.39, 0.29) is 21.8 Å². The lowest BCUT2D eigenvalue weighted by atomic mass is 10.2. The summed E-state index contributed by atoms with van der Waals surface area (Å²) in [5.74, 6) is -1.67. The zero-order chi connectivity index (χ0) is 27.2. The van der Waals surface area contributed by atoms with Gasteiger partial charge >= 0.3 is 11.9 Å². The van der Waals surface area contributed by atoms with Crippen LogP contribution in [-0.2, 0) is 30.8 Å². The van der Waals surface area contributed by atoms with Gasteiger partial charge < -0.3 is 14.0 Å². The van der Waals surface area contributed by atoms with E-state index in [0.29, 0.717) is 41.7 Å². The Morgan fingerprint density at radius 1 is 0.946 bits per heavy atom. The third-order valence-electron chi connectivity index (χ3n) is 5.50. The molecule has 3 rings (SSSR count). The number of amides is 1. The van der Waals surface area contributed by atoms with Gasteiger partial charge in [0.15, 0.2) is 4.80 Å². The molecule has 0 N–H and O–H groups in total. The van der Waals surface area contributed by atoms with Crippen molar-refractivity contribution < 1.29 is 32.3 Å². The Bertz CT molecular complexity index is 1470. The molecule has 37 heavy (non-hydrogen) atoms. The van der Waals surface area contributed by atoms with E-state index in [2.05, 4.69) is 4.99 Å². The maximum Gasteiger partial charge on any atom is 0.337 e. The SMILES string of the molecule is CCCN(CCC)S(=O)(=O)c1ccc(C(=O)N=c2sc3cc(C(=O)OC)ccc3n2CC(=O)OC)cc1. The number of sulfonamides is 1. The van der Waals surface area contributed by atoms with Gasteiger partial charge in [-0.2, -0.15) is 9.30 Å². The fourth-order valence-electron chi connectivity index (χ4n) is 3.67. The first-order chi connectivity index (χ1) is 17.7. The zero-order valence-electron chi connectivity index (χ0n) is 21.1. The van der Waals surface area contributed by atoms with Crippen LogP contribution in [-0.4, -0.2) is 62.4 Å². The molecule has 10 nitrogen and oxygen atoms in total. The Morgan fingerprint density at radius 2 is 1.57 bits per heavy atom. The number of aromatic nitrogens is 1. The lowest BCUT2D eigenvalue weighted by Gasteiger charge is -2.21. The van der Waals surface area contributed by atoms with Crippen molar-refractivity contribution in [2.45, 2.75) is 38.1 Å². The van der Waals surface area contributed by atoms with Gasteiger partial charge in [-0.05, 0) is 55.3 Å². The van der Waals surface area contributed by atoms with Crippen molar-refractivity contribution in [3.63, 3.8) is 0 Å². The fourth-order valence-corrected chi connectivity index (χ4v) is 6.36. The molecule has 0 aliphatic carbocycles. The summed E-state index contributed by atoms with van der Waals surface area (Å²) >= 11 is 1.12. The summed E-state index contributed by atoms with van der Waals surface area (Å²) in [5, 5.41) is 0. The predicted molar refractivity (Wildman–Crippen MR) is 139 cm³/mol. The predicted octanol–water partition coefficient (Wildman–Crippen LogP) is 3.21. The monoisotopic (exact) mass is 547 g/mol. The zero-order valence-corrected chi connectivity index (χ0v) is 22.7. The molecule has 0 atom stereocenters. The molecule has 0 unspecified atom stereocenters. The van der Waals surface area contributed by atoms with E-state index in [0.717, 1.165) is 11.3 Å². The number of hydrogen-bond acceptors (Lipinski definition) is 8. The van der Waals surface area contributed by atoms with Crippen LogP contribution >= 0.6 is 11.3 Å². The Morgan fingerprint density at radius 3 is 2.14 bits per heavy atom. The molecule has 0 aliphatic rings. The van der Waals surface area contributed by atoms with Gasteiger partial charge in [0.2, 0.25) is 10.0 Å². The van der Waals surface area contributed by atoms with Gasteiger partial charge in [-0.15, -0.1) is 0 Å². The first-order valence-corrected chi connectivity index (χ1v) is 13.9. The van der Waals surface area contributed by atoms with Crippen molar-refractivity contribution in [2.24, 2.45) is 4.99 Å². The van der Waals surface area contributed by atoms with Gasteiger partial charge in [-0.1, -0.05) is 25.2 Å². The molecule has 0 aliphatic heterocycles. The second-order valence-electron chi connectivity index (χ2n) is 8.07. The van der Waals surface area contributed by atoms with Crippen LogP contribution in [0.5, 0.6) is 0 Å². The lowest BCUT2D eigenvalue weighted by molar-refractivity contribution is -0.141. The van der Waals surface area contributed by atoms with E-state index in [9.17, 15) is 22.8 Å². The summed E-state index contributed by atoms with van der Waals surface area (Å²) in [6.07, 6.45) is 1.38. The summed E-state index contributed by atoms with van der Waals surface area (Å²) in [5.41, 5.74) is 1.09. The molecule has 0 fully saturated rings. The molecule has 0 saturated carbocycles. The maximum atomic E-state index is 13.0. The van der Waals surface area contributed by atoms with Crippen LogP contribution in [0.15, 0.2) is 52.4 Å². The Kier molecular flexibility index (Phi) is 9.35. The van der Waals surface area contributed by atoms with Crippen molar-refractivity contribution >= 4 is 49.4 Å². The highest BCUT2D eigenvalue weighted by molar-refractivity contribution is 7.89. The van der Waals surface area contributed by atoms with Crippen LogP contribution in [0, 0.1) is 0 Å². The van der Waals surface area contributed by atoms with Crippen molar-refractivity contribution in [3.05, 3.63) is 58.4 Å². The fraction of sp³-hybridized carbons (Fsp3) is 0.360. The number of thiazole rings is 1. The maximum absolute atomic E-state index is 13.0. The summed E-state index contributed by atoms with van der Waals surface area (Å²) in [7, 11) is -1.15. The Hall–Kier alpha value is -3.35. The van der Waals surface area contributed by atoms with Crippen LogP contribution in [0.3, 0.4) is 0 Å². The third kappa shape index (κ3) is 6.32. The number of ether oxygens (including phenoxy) is 2. The number of nitrogens with zero attached hydrogens (tertiary/aromatic N) is 3. The number of esters is 2. The number of rotatable bonds is 10. The molecule has 12 heteroatoms. The molecular formula is C25H29N3O7S2. The number of methoxy groups -OCH3 is 2. The van der Waals surface area contributed by atoms with Crippen molar-refractivity contribution in [2.75, 3.05) is 27.3 Å². The van der Waals surface area contributed by atoms with Gasteiger partial charge in [0.25, 0.3) is 5.91 Å². The number of hydrogen-bond donors (Lipinski definition) is 0. The third-order valence-corrected chi connectivity index (χ3v) is 8.46. The highest BCUT2D eigenvalue weighted by Crippen LogP contribution is 2.21. The molecule has 0 bridgehead atoms. The standard InChI is InChI=1S/C25H29N3O7S2/c1-5-13-27(14-6-2)37(32,33)19-10-7-17(8-11-19)23(30)26-25-28(16-22(29)34-3)20-12-9-18(24(31)35-4)15-21(20)36-25/h7-12,15H,5-6,13-14,16H2,1-4H3. The summed E-state index contributed by atoms with van der Waals surface area (Å²) in [6, 6.07) is 10.4. The molecule has 2 aromatic carbocycles. The van der Waals surface area contributed by atoms with E-state index < -0.39 is 27.9 Å². The van der Waals surface area contributed by atoms with E-state index >= 15 is 0 Å². The second kappa shape index (κ2) is 12.3. The van der Waals surface area contributed by atoms with Crippen molar-refractivity contribution in [1.82, 2.24) is 8.87 Å². The Labute approximate surface area is 219 Å². The van der Waals surface area contributed by atoms with Gasteiger partial charge in [-0.3, -0.25) is 9.59 Å². The second-order valence-corrected chi connectivity index (χ2v) is 11.0. The van der Waals surface area contributed by atoms with Crippen LogP contribution in [0.4, 0.5) is 0 Å². The van der Waals surface area contributed by atoms with Gasteiger partial charge in [0, 0.05) is 18.7 Å². The molecule has 1 aromatic heterocycles. The van der Waals surface area contributed by atoms with Crippen molar-refractivity contribution in [3.8, 4) is 0 Å². The minimum Gasteiger partial charge on any atom is -0.468 e. The van der Waals surface area contributed by atoms with Crippen LogP contribution in [0.1, 0.15) is 47.4 Å². The molecule has 0 spiro atoms. The highest BCUT2D eigenvalue weighted by atomic mass is 32.2. The van der Waals surface area contributed by atoms with Gasteiger partial charge in [0.05, 0.1) is 34.9 Å². The molecule has 1 amide bonds. The van der Waals surface area contributed by atoms with E-state index in [1.807, 2.05) is 13.8 Å². The topological polar surface area (TPSA) is 124 Å². The molecule has 3 aromatic rings. The smallest absolute Gasteiger partial charge is 0.337 e. The van der Waals surface area contributed by atoms with Crippen LogP contribution in [0.2, 0.25) is 0 Å². The highest BCUT2D eigenvalue weighted by Gasteiger charge is 2.23.